The molecule has 7 unspecified atom stereocenters. The van der Waals surface area contributed by atoms with Crippen LogP contribution in [0.4, 0.5) is 0 Å². The van der Waals surface area contributed by atoms with Crippen LogP contribution in [0.3, 0.4) is 0 Å². The number of hydrogen-bond acceptors (Lipinski definition) is 16. The van der Waals surface area contributed by atoms with Crippen molar-refractivity contribution in [2.24, 2.45) is 23.7 Å². The maximum absolute atomic E-state index is 12.4. The fourth-order valence-electron chi connectivity index (χ4n) is 15.6. The highest BCUT2D eigenvalue weighted by Crippen LogP contribution is 2.52. The fraction of sp³-hybridized carbons (Fsp3) is 0.860. The van der Waals surface area contributed by atoms with E-state index in [1.165, 1.54) is 0 Å². The van der Waals surface area contributed by atoms with E-state index in [0.717, 1.165) is 25.7 Å². The van der Waals surface area contributed by atoms with E-state index in [2.05, 4.69) is 64.2 Å². The molecule has 13 aliphatic heterocycles. The molecule has 16 heteroatoms. The number of rotatable bonds is 0. The Labute approximate surface area is 430 Å². The van der Waals surface area contributed by atoms with Gasteiger partial charge in [0.1, 0.15) is 48.3 Å². The lowest BCUT2D eigenvalue weighted by Gasteiger charge is -2.53. The van der Waals surface area contributed by atoms with Crippen molar-refractivity contribution in [2.45, 2.75) is 270 Å². The Kier molecular flexibility index (Phi) is 14.1. The van der Waals surface area contributed by atoms with Gasteiger partial charge in [0.15, 0.2) is 5.79 Å². The van der Waals surface area contributed by atoms with E-state index >= 15 is 0 Å². The molecule has 0 aromatic carbocycles. The van der Waals surface area contributed by atoms with Crippen LogP contribution in [0.5, 0.6) is 0 Å². The van der Waals surface area contributed by atoms with Gasteiger partial charge >= 0.3 is 0 Å². The first-order valence-electron chi connectivity index (χ1n) is 28.5. The molecule has 9 fully saturated rings. The molecule has 0 radical (unpaired) electrons. The van der Waals surface area contributed by atoms with E-state index in [9.17, 15) is 15.3 Å². The first-order valence-corrected chi connectivity index (χ1v) is 28.5. The zero-order valence-electron chi connectivity index (χ0n) is 43.3. The summed E-state index contributed by atoms with van der Waals surface area (Å²) in [6.45, 7) is 11.9. The van der Waals surface area contributed by atoms with E-state index in [1.54, 1.807) is 0 Å². The van der Waals surface area contributed by atoms with Crippen LogP contribution in [-0.4, -0.2) is 186 Å². The standard InChI is InChI=1S/C57H82O16/c1-28-22-39-41(25-45-51(70-39)30(3)49(59)55-52(71-45)29(2)31(4)57(73-55)19-11-21-62-57)67-43-27-48-56(5,72-44(43)23-28)47(58)26-42-35(68-48)13-7-6-12-32-33(65-42)15-10-16-34-36(63-32)17-18-37-40(64-34)24-46-54(69-37)50(60)53-38(66-46)14-8-9-20-61-53/h6-10,15,17-18,28-55,58-60H,11-14,16,19-27H2,1-5H3/b7-6-,15-10-/t28-,29?,30+,31?,32-,33+,34-,35+,36+,37-,38+,39+,40+,41?,42-,43?,44-,45?,46-,47-,48?,49+,50-,51-,52?,53+,54-,55+,56+,57-/m1/s1. The maximum Gasteiger partial charge on any atom is 0.171 e. The Morgan fingerprint density at radius 1 is 0.452 bits per heavy atom. The van der Waals surface area contributed by atoms with Gasteiger partial charge in [0.25, 0.3) is 0 Å². The summed E-state index contributed by atoms with van der Waals surface area (Å²) >= 11 is 0. The lowest BCUT2D eigenvalue weighted by atomic mass is 9.76. The highest BCUT2D eigenvalue weighted by atomic mass is 16.7. The number of hydrogen-bond donors (Lipinski definition) is 3. The second kappa shape index (κ2) is 20.2. The van der Waals surface area contributed by atoms with Gasteiger partial charge in [0.05, 0.1) is 117 Å². The summed E-state index contributed by atoms with van der Waals surface area (Å²) in [4.78, 5) is 0. The molecule has 13 aliphatic rings. The van der Waals surface area contributed by atoms with E-state index in [0.29, 0.717) is 64.6 Å². The lowest BCUT2D eigenvalue weighted by molar-refractivity contribution is -0.339. The number of fused-ring (bicyclic) bond motifs is 11. The summed E-state index contributed by atoms with van der Waals surface area (Å²) in [6.07, 6.45) is 15.0. The van der Waals surface area contributed by atoms with Gasteiger partial charge in [-0.1, -0.05) is 76.3 Å². The van der Waals surface area contributed by atoms with Crippen LogP contribution in [0.15, 0.2) is 48.6 Å². The molecule has 9 saturated heterocycles. The second-order valence-corrected chi connectivity index (χ2v) is 24.6. The number of aliphatic hydroxyl groups excluding tert-OH is 3. The third-order valence-corrected chi connectivity index (χ3v) is 20.0. The molecule has 0 amide bonds. The zero-order valence-corrected chi connectivity index (χ0v) is 43.3. The summed E-state index contributed by atoms with van der Waals surface area (Å²) in [5.74, 6) is -0.458. The molecule has 0 saturated carbocycles. The zero-order chi connectivity index (χ0) is 49.9. The van der Waals surface area contributed by atoms with E-state index in [1.807, 2.05) is 19.1 Å². The molecule has 30 atom stereocenters. The van der Waals surface area contributed by atoms with Crippen LogP contribution in [0.1, 0.15) is 112 Å². The molecular formula is C57H82O16. The Bertz CT molecular complexity index is 2080. The van der Waals surface area contributed by atoms with Crippen molar-refractivity contribution in [1.29, 1.82) is 0 Å². The third kappa shape index (κ3) is 9.16. The Balaban J connectivity index is 0.695. The van der Waals surface area contributed by atoms with Crippen molar-refractivity contribution in [3.63, 3.8) is 0 Å². The summed E-state index contributed by atoms with van der Waals surface area (Å²) in [5, 5.41) is 35.9. The van der Waals surface area contributed by atoms with Gasteiger partial charge in [-0.3, -0.25) is 0 Å². The van der Waals surface area contributed by atoms with Gasteiger partial charge in [0.2, 0.25) is 0 Å². The Morgan fingerprint density at radius 2 is 1.08 bits per heavy atom. The maximum atomic E-state index is 12.4. The normalized spacial score (nSPS) is 58.5. The molecule has 13 heterocycles. The van der Waals surface area contributed by atoms with E-state index < -0.39 is 66.3 Å². The quantitative estimate of drug-likeness (QED) is 0.273. The minimum atomic E-state index is -0.998. The van der Waals surface area contributed by atoms with Gasteiger partial charge in [0, 0.05) is 43.9 Å². The second-order valence-electron chi connectivity index (χ2n) is 24.6. The van der Waals surface area contributed by atoms with Crippen LogP contribution < -0.4 is 0 Å². The van der Waals surface area contributed by atoms with Crippen LogP contribution in [0.2, 0.25) is 0 Å². The average Bonchev–Trinajstić information content (AvgIpc) is 3.55. The first-order chi connectivity index (χ1) is 35.3. The molecule has 406 valence electrons. The van der Waals surface area contributed by atoms with Crippen LogP contribution >= 0.6 is 0 Å². The molecule has 16 nitrogen and oxygen atoms in total. The molecule has 3 N–H and O–H groups in total. The SMILES string of the molecule is CC1C2OC3CC4OC5CC6O[C@H]7C/C=C\C[C@H]8O[C@H]9C=C[C@H]%10O[C@H]%11[C@H](O)[C@H]%12OCC=CC[C@@H]%12O[C@@H]%11C[C@@H]%10O[C@@H]9C/C=C\[C@@H]8O[C@@H]7C[C@@H](O)[C@]6(C)O[C@@H]5C[C@H](C)C[C@@H]4O[C@@H]3[C@@H](C)[C@H](O)[C@@H]2O[C@]2(CCCO2)C1C. The molecule has 0 aromatic rings. The van der Waals surface area contributed by atoms with Gasteiger partial charge < -0.3 is 76.9 Å². The van der Waals surface area contributed by atoms with Crippen LogP contribution in [0, 0.1) is 23.7 Å². The highest BCUT2D eigenvalue weighted by Gasteiger charge is 2.62. The molecule has 0 aromatic heterocycles. The first kappa shape index (κ1) is 50.8. The van der Waals surface area contributed by atoms with Gasteiger partial charge in [-0.15, -0.1) is 0 Å². The minimum Gasteiger partial charge on any atom is -0.390 e. The molecule has 73 heavy (non-hydrogen) atoms. The number of aliphatic hydroxyl groups is 3. The van der Waals surface area contributed by atoms with Crippen molar-refractivity contribution in [3.8, 4) is 0 Å². The molecule has 1 spiro atoms. The van der Waals surface area contributed by atoms with Gasteiger partial charge in [-0.05, 0) is 63.7 Å². The van der Waals surface area contributed by atoms with Crippen molar-refractivity contribution < 1.29 is 76.9 Å². The number of ether oxygens (including phenoxy) is 13. The topological polar surface area (TPSA) is 181 Å². The minimum absolute atomic E-state index is 0.103. The van der Waals surface area contributed by atoms with Gasteiger partial charge in [-0.25, -0.2) is 0 Å². The van der Waals surface area contributed by atoms with Crippen molar-refractivity contribution in [3.05, 3.63) is 48.6 Å². The predicted octanol–water partition coefficient (Wildman–Crippen LogP) is 5.11. The molecular weight excluding hydrogens is 941 g/mol. The average molecular weight is 1020 g/mol. The van der Waals surface area contributed by atoms with E-state index in [4.69, 9.17) is 61.6 Å². The Morgan fingerprint density at radius 3 is 1.92 bits per heavy atom. The third-order valence-electron chi connectivity index (χ3n) is 20.0. The van der Waals surface area contributed by atoms with Crippen LogP contribution in [0.25, 0.3) is 0 Å². The molecule has 13 rings (SSSR count). The summed E-state index contributed by atoms with van der Waals surface area (Å²) < 4.78 is 89.0. The monoisotopic (exact) mass is 1020 g/mol. The van der Waals surface area contributed by atoms with Crippen molar-refractivity contribution in [1.82, 2.24) is 0 Å². The van der Waals surface area contributed by atoms with E-state index in [-0.39, 0.29) is 115 Å². The summed E-state index contributed by atoms with van der Waals surface area (Å²) in [7, 11) is 0. The predicted molar refractivity (Wildman–Crippen MR) is 261 cm³/mol. The molecule has 0 bridgehead atoms. The largest absolute Gasteiger partial charge is 0.390 e. The molecule has 0 aliphatic carbocycles. The lowest BCUT2D eigenvalue weighted by Crippen LogP contribution is -2.63. The summed E-state index contributed by atoms with van der Waals surface area (Å²) in [6, 6.07) is 0. The smallest absolute Gasteiger partial charge is 0.171 e. The highest BCUT2D eigenvalue weighted by molar-refractivity contribution is 5.14. The fourth-order valence-corrected chi connectivity index (χ4v) is 15.6. The van der Waals surface area contributed by atoms with Crippen molar-refractivity contribution >= 4 is 0 Å². The van der Waals surface area contributed by atoms with Crippen LogP contribution in [-0.2, 0) is 61.6 Å². The Hall–Kier alpha value is -1.68. The van der Waals surface area contributed by atoms with Gasteiger partial charge in [-0.2, -0.15) is 0 Å². The van der Waals surface area contributed by atoms with Crippen molar-refractivity contribution in [2.75, 3.05) is 13.2 Å². The summed E-state index contributed by atoms with van der Waals surface area (Å²) in [5.41, 5.74) is -0.998.